The van der Waals surface area contributed by atoms with Crippen LogP contribution >= 0.6 is 0 Å². The van der Waals surface area contributed by atoms with Gasteiger partial charge in [0, 0.05) is 0 Å². The van der Waals surface area contributed by atoms with Crippen LogP contribution in [-0.2, 0) is 4.79 Å². The number of hydrogen-bond donors (Lipinski definition) is 2. The van der Waals surface area contributed by atoms with Gasteiger partial charge in [-0.05, 0) is 44.9 Å². The second-order valence-electron chi connectivity index (χ2n) is 4.71. The molecule has 1 aliphatic heterocycles. The Labute approximate surface area is 89.9 Å². The topological polar surface area (TPSA) is 41.1 Å². The summed E-state index contributed by atoms with van der Waals surface area (Å²) in [5, 5.41) is 6.20. The number of aryl methyl sites for hydroxylation is 2. The number of hydrogen-bond acceptors (Lipinski definition) is 2. The van der Waals surface area contributed by atoms with Gasteiger partial charge in [0.25, 0.3) is 0 Å². The van der Waals surface area contributed by atoms with E-state index in [4.69, 9.17) is 0 Å². The summed E-state index contributed by atoms with van der Waals surface area (Å²) >= 11 is 0. The van der Waals surface area contributed by atoms with Crippen LogP contribution in [0.4, 0.5) is 11.4 Å². The van der Waals surface area contributed by atoms with Gasteiger partial charge in [-0.2, -0.15) is 0 Å². The molecule has 0 unspecified atom stereocenters. The molecule has 0 atom stereocenters. The van der Waals surface area contributed by atoms with Gasteiger partial charge in [0.05, 0.1) is 11.4 Å². The molecule has 1 aromatic rings. The fourth-order valence-corrected chi connectivity index (χ4v) is 1.88. The number of nitrogens with one attached hydrogen (secondary N) is 2. The second kappa shape index (κ2) is 2.99. The lowest BCUT2D eigenvalue weighted by Crippen LogP contribution is -2.47. The maximum Gasteiger partial charge on any atom is 0.249 e. The predicted molar refractivity (Wildman–Crippen MR) is 62.2 cm³/mol. The van der Waals surface area contributed by atoms with Crippen molar-refractivity contribution in [2.75, 3.05) is 10.6 Å². The number of benzene rings is 1. The standard InChI is InChI=1S/C12H16N2O/c1-7-5-8(2)10-9(6-7)13-11(15)12(3,4)14-10/h5-6,14H,1-4H3,(H,13,15). The van der Waals surface area contributed by atoms with E-state index in [0.717, 1.165) is 22.5 Å². The SMILES string of the molecule is Cc1cc(C)c2c(c1)NC(=O)C(C)(C)N2. The number of rotatable bonds is 0. The molecule has 2 N–H and O–H groups in total. The van der Waals surface area contributed by atoms with Crippen molar-refractivity contribution in [1.82, 2.24) is 0 Å². The van der Waals surface area contributed by atoms with E-state index >= 15 is 0 Å². The molecule has 1 aromatic carbocycles. The first-order chi connectivity index (χ1) is 6.90. The molecule has 1 heterocycles. The average Bonchev–Trinajstić information content (AvgIpc) is 2.09. The molecule has 80 valence electrons. The van der Waals surface area contributed by atoms with E-state index < -0.39 is 5.54 Å². The molecule has 0 fully saturated rings. The molecule has 2 rings (SSSR count). The smallest absolute Gasteiger partial charge is 0.249 e. The monoisotopic (exact) mass is 204 g/mol. The highest BCUT2D eigenvalue weighted by molar-refractivity contribution is 6.06. The molecule has 0 radical (unpaired) electrons. The molecule has 0 spiro atoms. The van der Waals surface area contributed by atoms with Crippen LogP contribution in [0.5, 0.6) is 0 Å². The van der Waals surface area contributed by atoms with Crippen molar-refractivity contribution in [3.63, 3.8) is 0 Å². The van der Waals surface area contributed by atoms with Crippen molar-refractivity contribution in [3.05, 3.63) is 23.3 Å². The summed E-state index contributed by atoms with van der Waals surface area (Å²) in [6.45, 7) is 7.83. The Hall–Kier alpha value is -1.51. The molecule has 3 nitrogen and oxygen atoms in total. The van der Waals surface area contributed by atoms with Gasteiger partial charge in [0.15, 0.2) is 0 Å². The van der Waals surface area contributed by atoms with Gasteiger partial charge in [0.2, 0.25) is 5.91 Å². The van der Waals surface area contributed by atoms with Crippen LogP contribution in [0.2, 0.25) is 0 Å². The Morgan fingerprint density at radius 3 is 2.53 bits per heavy atom. The molecule has 3 heteroatoms. The quantitative estimate of drug-likeness (QED) is 0.681. The fraction of sp³-hybridized carbons (Fsp3) is 0.417. The highest BCUT2D eigenvalue weighted by Crippen LogP contribution is 2.34. The number of anilines is 2. The van der Waals surface area contributed by atoms with Crippen LogP contribution in [-0.4, -0.2) is 11.4 Å². The highest BCUT2D eigenvalue weighted by Gasteiger charge is 2.33. The third-order valence-corrected chi connectivity index (χ3v) is 2.73. The Morgan fingerprint density at radius 2 is 1.87 bits per heavy atom. The Bertz CT molecular complexity index is 435. The second-order valence-corrected chi connectivity index (χ2v) is 4.71. The zero-order valence-corrected chi connectivity index (χ0v) is 9.56. The van der Waals surface area contributed by atoms with Crippen molar-refractivity contribution in [2.24, 2.45) is 0 Å². The van der Waals surface area contributed by atoms with Gasteiger partial charge >= 0.3 is 0 Å². The molecule has 1 amide bonds. The van der Waals surface area contributed by atoms with Crippen molar-refractivity contribution in [3.8, 4) is 0 Å². The van der Waals surface area contributed by atoms with Gasteiger partial charge < -0.3 is 10.6 Å². The molecular weight excluding hydrogens is 188 g/mol. The van der Waals surface area contributed by atoms with Gasteiger partial charge in [-0.3, -0.25) is 4.79 Å². The summed E-state index contributed by atoms with van der Waals surface area (Å²) in [6, 6.07) is 4.10. The molecule has 0 aromatic heterocycles. The maximum atomic E-state index is 11.7. The minimum Gasteiger partial charge on any atom is -0.370 e. The first-order valence-electron chi connectivity index (χ1n) is 5.11. The number of carbonyl (C=O) groups is 1. The minimum atomic E-state index is -0.535. The maximum absolute atomic E-state index is 11.7. The molecule has 0 saturated heterocycles. The van der Waals surface area contributed by atoms with Crippen molar-refractivity contribution >= 4 is 17.3 Å². The molecule has 0 saturated carbocycles. The van der Waals surface area contributed by atoms with E-state index in [0.29, 0.717) is 0 Å². The summed E-state index contributed by atoms with van der Waals surface area (Å²) in [5.41, 5.74) is 3.71. The van der Waals surface area contributed by atoms with Crippen LogP contribution in [0.15, 0.2) is 12.1 Å². The lowest BCUT2D eigenvalue weighted by molar-refractivity contribution is -0.119. The van der Waals surface area contributed by atoms with E-state index in [2.05, 4.69) is 16.7 Å². The third-order valence-electron chi connectivity index (χ3n) is 2.73. The largest absolute Gasteiger partial charge is 0.370 e. The van der Waals surface area contributed by atoms with Crippen LogP contribution in [0.3, 0.4) is 0 Å². The summed E-state index contributed by atoms with van der Waals surface area (Å²) in [6.07, 6.45) is 0. The van der Waals surface area contributed by atoms with E-state index in [1.807, 2.05) is 33.8 Å². The zero-order chi connectivity index (χ0) is 11.2. The summed E-state index contributed by atoms with van der Waals surface area (Å²) < 4.78 is 0. The number of carbonyl (C=O) groups excluding carboxylic acids is 1. The number of amides is 1. The van der Waals surface area contributed by atoms with Crippen molar-refractivity contribution < 1.29 is 4.79 Å². The predicted octanol–water partition coefficient (Wildman–Crippen LogP) is 2.45. The Morgan fingerprint density at radius 1 is 1.20 bits per heavy atom. The Balaban J connectivity index is 2.55. The molecule has 1 aliphatic rings. The average molecular weight is 204 g/mol. The summed E-state index contributed by atoms with van der Waals surface area (Å²) in [4.78, 5) is 11.7. The van der Waals surface area contributed by atoms with Gasteiger partial charge in [0.1, 0.15) is 5.54 Å². The van der Waals surface area contributed by atoms with Gasteiger partial charge in [-0.1, -0.05) is 6.07 Å². The molecule has 15 heavy (non-hydrogen) atoms. The van der Waals surface area contributed by atoms with Gasteiger partial charge in [-0.25, -0.2) is 0 Å². The van der Waals surface area contributed by atoms with Crippen LogP contribution in [0, 0.1) is 13.8 Å². The highest BCUT2D eigenvalue weighted by atomic mass is 16.2. The summed E-state index contributed by atoms with van der Waals surface area (Å²) in [7, 11) is 0. The lowest BCUT2D eigenvalue weighted by atomic mass is 9.97. The lowest BCUT2D eigenvalue weighted by Gasteiger charge is -2.34. The normalized spacial score (nSPS) is 17.7. The minimum absolute atomic E-state index is 0.0139. The zero-order valence-electron chi connectivity index (χ0n) is 9.56. The van der Waals surface area contributed by atoms with Crippen LogP contribution in [0.25, 0.3) is 0 Å². The summed E-state index contributed by atoms with van der Waals surface area (Å²) in [5.74, 6) is 0.0139. The van der Waals surface area contributed by atoms with E-state index in [-0.39, 0.29) is 5.91 Å². The van der Waals surface area contributed by atoms with E-state index in [9.17, 15) is 4.79 Å². The van der Waals surface area contributed by atoms with E-state index in [1.165, 1.54) is 0 Å². The molecule has 0 bridgehead atoms. The van der Waals surface area contributed by atoms with Gasteiger partial charge in [-0.15, -0.1) is 0 Å². The first kappa shape index (κ1) is 10.0. The van der Waals surface area contributed by atoms with Crippen LogP contribution in [0.1, 0.15) is 25.0 Å². The molecular formula is C12H16N2O. The van der Waals surface area contributed by atoms with Crippen molar-refractivity contribution in [2.45, 2.75) is 33.2 Å². The fourth-order valence-electron chi connectivity index (χ4n) is 1.88. The van der Waals surface area contributed by atoms with Crippen LogP contribution < -0.4 is 10.6 Å². The van der Waals surface area contributed by atoms with E-state index in [1.54, 1.807) is 0 Å². The first-order valence-corrected chi connectivity index (χ1v) is 5.11. The van der Waals surface area contributed by atoms with Crippen molar-refractivity contribution in [1.29, 1.82) is 0 Å². The Kier molecular flexibility index (Phi) is 2.00. The third kappa shape index (κ3) is 1.58. The molecule has 0 aliphatic carbocycles. The number of fused-ring (bicyclic) bond motifs is 1.